The summed E-state index contributed by atoms with van der Waals surface area (Å²) < 4.78 is 0. The van der Waals surface area contributed by atoms with Gasteiger partial charge < -0.3 is 16.0 Å². The highest BCUT2D eigenvalue weighted by molar-refractivity contribution is 5.73. The van der Waals surface area contributed by atoms with E-state index in [0.29, 0.717) is 0 Å². The highest BCUT2D eigenvalue weighted by Crippen LogP contribution is 2.12. The lowest BCUT2D eigenvalue weighted by Gasteiger charge is -2.22. The standard InChI is InChI=1S/C11H23N3O/c1-9(2)14-11(15)13-7-5-10-4-3-6-12-8-10/h9-10,12H,3-8H2,1-2H3,(H2,13,14,15). The van der Waals surface area contributed by atoms with Crippen molar-refractivity contribution in [1.82, 2.24) is 16.0 Å². The van der Waals surface area contributed by atoms with Crippen molar-refractivity contribution < 1.29 is 4.79 Å². The molecule has 15 heavy (non-hydrogen) atoms. The number of hydrogen-bond acceptors (Lipinski definition) is 2. The maximum absolute atomic E-state index is 11.3. The third-order valence-corrected chi connectivity index (χ3v) is 2.66. The number of nitrogens with one attached hydrogen (secondary N) is 3. The van der Waals surface area contributed by atoms with Gasteiger partial charge in [0.2, 0.25) is 0 Å². The number of piperidine rings is 1. The zero-order valence-electron chi connectivity index (χ0n) is 9.81. The van der Waals surface area contributed by atoms with Crippen LogP contribution in [0.15, 0.2) is 0 Å². The fourth-order valence-corrected chi connectivity index (χ4v) is 1.87. The molecule has 0 saturated carbocycles. The van der Waals surface area contributed by atoms with Gasteiger partial charge in [-0.05, 0) is 52.1 Å². The van der Waals surface area contributed by atoms with Gasteiger partial charge in [0, 0.05) is 12.6 Å². The molecule has 1 fully saturated rings. The Morgan fingerprint density at radius 3 is 2.93 bits per heavy atom. The first kappa shape index (κ1) is 12.3. The minimum atomic E-state index is -0.0474. The summed E-state index contributed by atoms with van der Waals surface area (Å²) in [6, 6.07) is 0.162. The van der Waals surface area contributed by atoms with Crippen LogP contribution in [0.1, 0.15) is 33.1 Å². The molecular weight excluding hydrogens is 190 g/mol. The Kier molecular flexibility index (Phi) is 5.47. The van der Waals surface area contributed by atoms with E-state index in [1.54, 1.807) is 0 Å². The fourth-order valence-electron chi connectivity index (χ4n) is 1.87. The second-order valence-corrected chi connectivity index (χ2v) is 4.56. The number of carbonyl (C=O) groups is 1. The van der Waals surface area contributed by atoms with E-state index in [1.807, 2.05) is 13.8 Å². The van der Waals surface area contributed by atoms with Crippen molar-refractivity contribution in [2.24, 2.45) is 5.92 Å². The molecule has 2 amide bonds. The maximum Gasteiger partial charge on any atom is 0.314 e. The van der Waals surface area contributed by atoms with Crippen LogP contribution in [0.3, 0.4) is 0 Å². The number of amides is 2. The van der Waals surface area contributed by atoms with Gasteiger partial charge in [0.25, 0.3) is 0 Å². The lowest BCUT2D eigenvalue weighted by molar-refractivity contribution is 0.237. The molecule has 1 aliphatic heterocycles. The van der Waals surface area contributed by atoms with Crippen LogP contribution in [0, 0.1) is 5.92 Å². The lowest BCUT2D eigenvalue weighted by Crippen LogP contribution is -2.41. The van der Waals surface area contributed by atoms with Crippen LogP contribution < -0.4 is 16.0 Å². The Hall–Kier alpha value is -0.770. The first-order valence-corrected chi connectivity index (χ1v) is 5.93. The van der Waals surface area contributed by atoms with Crippen molar-refractivity contribution >= 4 is 6.03 Å². The van der Waals surface area contributed by atoms with Crippen LogP contribution >= 0.6 is 0 Å². The van der Waals surface area contributed by atoms with E-state index >= 15 is 0 Å². The van der Waals surface area contributed by atoms with Gasteiger partial charge in [0.05, 0.1) is 0 Å². The Bertz CT molecular complexity index is 188. The molecule has 0 spiro atoms. The number of hydrogen-bond donors (Lipinski definition) is 3. The van der Waals surface area contributed by atoms with E-state index in [1.165, 1.54) is 12.8 Å². The molecule has 1 unspecified atom stereocenters. The van der Waals surface area contributed by atoms with E-state index in [0.717, 1.165) is 32.0 Å². The van der Waals surface area contributed by atoms with Gasteiger partial charge in [-0.15, -0.1) is 0 Å². The molecular formula is C11H23N3O. The van der Waals surface area contributed by atoms with Crippen molar-refractivity contribution in [3.8, 4) is 0 Å². The Morgan fingerprint density at radius 1 is 1.53 bits per heavy atom. The second kappa shape index (κ2) is 6.67. The smallest absolute Gasteiger partial charge is 0.314 e. The van der Waals surface area contributed by atoms with Crippen molar-refractivity contribution in [2.45, 2.75) is 39.2 Å². The molecule has 4 heteroatoms. The molecule has 88 valence electrons. The summed E-state index contributed by atoms with van der Waals surface area (Å²) >= 11 is 0. The van der Waals surface area contributed by atoms with Crippen LogP contribution in [-0.2, 0) is 0 Å². The zero-order valence-corrected chi connectivity index (χ0v) is 9.81. The minimum absolute atomic E-state index is 0.0474. The average molecular weight is 213 g/mol. The molecule has 0 bridgehead atoms. The molecule has 0 aliphatic carbocycles. The minimum Gasteiger partial charge on any atom is -0.338 e. The molecule has 3 N–H and O–H groups in total. The molecule has 0 aromatic carbocycles. The SMILES string of the molecule is CC(C)NC(=O)NCCC1CCCNC1. The Balaban J connectivity index is 2.02. The summed E-state index contributed by atoms with van der Waals surface area (Å²) in [6.45, 7) is 6.96. The van der Waals surface area contributed by atoms with E-state index in [4.69, 9.17) is 0 Å². The highest BCUT2D eigenvalue weighted by Gasteiger charge is 2.12. The predicted octanol–water partition coefficient (Wildman–Crippen LogP) is 1.08. The fraction of sp³-hybridized carbons (Fsp3) is 0.909. The van der Waals surface area contributed by atoms with Crippen molar-refractivity contribution in [3.63, 3.8) is 0 Å². The maximum atomic E-state index is 11.3. The second-order valence-electron chi connectivity index (χ2n) is 4.56. The van der Waals surface area contributed by atoms with E-state index < -0.39 is 0 Å². The summed E-state index contributed by atoms with van der Waals surface area (Å²) in [7, 11) is 0. The van der Waals surface area contributed by atoms with E-state index in [2.05, 4.69) is 16.0 Å². The lowest BCUT2D eigenvalue weighted by atomic mass is 9.96. The summed E-state index contributed by atoms with van der Waals surface area (Å²) in [4.78, 5) is 11.3. The normalized spacial score (nSPS) is 21.4. The summed E-state index contributed by atoms with van der Waals surface area (Å²) in [6.07, 6.45) is 3.64. The summed E-state index contributed by atoms with van der Waals surface area (Å²) in [5.74, 6) is 0.734. The number of carbonyl (C=O) groups excluding carboxylic acids is 1. The van der Waals surface area contributed by atoms with Crippen LogP contribution in [0.2, 0.25) is 0 Å². The first-order valence-electron chi connectivity index (χ1n) is 5.93. The van der Waals surface area contributed by atoms with Crippen LogP contribution in [0.25, 0.3) is 0 Å². The van der Waals surface area contributed by atoms with Crippen molar-refractivity contribution in [3.05, 3.63) is 0 Å². The van der Waals surface area contributed by atoms with Gasteiger partial charge >= 0.3 is 6.03 Å². The van der Waals surface area contributed by atoms with E-state index in [9.17, 15) is 4.79 Å². The third kappa shape index (κ3) is 5.62. The Morgan fingerprint density at radius 2 is 2.33 bits per heavy atom. The molecule has 0 radical (unpaired) electrons. The molecule has 1 heterocycles. The first-order chi connectivity index (χ1) is 7.18. The Labute approximate surface area is 92.2 Å². The molecule has 1 rings (SSSR count). The average Bonchev–Trinajstić information content (AvgIpc) is 2.18. The summed E-state index contributed by atoms with van der Waals surface area (Å²) in [5.41, 5.74) is 0. The van der Waals surface area contributed by atoms with Crippen molar-refractivity contribution in [2.75, 3.05) is 19.6 Å². The van der Waals surface area contributed by atoms with Crippen LogP contribution in [-0.4, -0.2) is 31.7 Å². The monoisotopic (exact) mass is 213 g/mol. The van der Waals surface area contributed by atoms with Crippen LogP contribution in [0.5, 0.6) is 0 Å². The highest BCUT2D eigenvalue weighted by atomic mass is 16.2. The molecule has 4 nitrogen and oxygen atoms in total. The zero-order chi connectivity index (χ0) is 11.1. The summed E-state index contributed by atoms with van der Waals surface area (Å²) in [5, 5.41) is 9.08. The van der Waals surface area contributed by atoms with Gasteiger partial charge in [-0.25, -0.2) is 4.79 Å². The predicted molar refractivity (Wildman–Crippen MR) is 61.9 cm³/mol. The molecule has 1 atom stereocenters. The van der Waals surface area contributed by atoms with Gasteiger partial charge in [0.15, 0.2) is 0 Å². The van der Waals surface area contributed by atoms with Gasteiger partial charge in [-0.1, -0.05) is 0 Å². The van der Waals surface area contributed by atoms with Gasteiger partial charge in [0.1, 0.15) is 0 Å². The number of urea groups is 1. The number of rotatable bonds is 4. The molecule has 0 aromatic heterocycles. The van der Waals surface area contributed by atoms with Crippen LogP contribution in [0.4, 0.5) is 4.79 Å². The van der Waals surface area contributed by atoms with E-state index in [-0.39, 0.29) is 12.1 Å². The molecule has 1 saturated heterocycles. The third-order valence-electron chi connectivity index (χ3n) is 2.66. The topological polar surface area (TPSA) is 53.2 Å². The van der Waals surface area contributed by atoms with Gasteiger partial charge in [-0.3, -0.25) is 0 Å². The van der Waals surface area contributed by atoms with Gasteiger partial charge in [-0.2, -0.15) is 0 Å². The molecule has 0 aromatic rings. The van der Waals surface area contributed by atoms with Crippen molar-refractivity contribution in [1.29, 1.82) is 0 Å². The largest absolute Gasteiger partial charge is 0.338 e. The molecule has 1 aliphatic rings. The quantitative estimate of drug-likeness (QED) is 0.654.